The van der Waals surface area contributed by atoms with Crippen LogP contribution in [0.3, 0.4) is 0 Å². The van der Waals surface area contributed by atoms with Crippen molar-refractivity contribution in [2.45, 2.75) is 19.6 Å². The Hall–Kier alpha value is -1.77. The van der Waals surface area contributed by atoms with Crippen molar-refractivity contribution in [3.05, 3.63) is 33.8 Å². The molecular weight excluding hydrogens is 308 g/mol. The van der Waals surface area contributed by atoms with Gasteiger partial charge in [-0.3, -0.25) is 0 Å². The fourth-order valence-corrected chi connectivity index (χ4v) is 2.20. The van der Waals surface area contributed by atoms with Crippen molar-refractivity contribution in [1.82, 2.24) is 0 Å². The first-order chi connectivity index (χ1) is 9.69. The van der Waals surface area contributed by atoms with Gasteiger partial charge >= 0.3 is 11.9 Å². The molecule has 4 nitrogen and oxygen atoms in total. The Kier molecular flexibility index (Phi) is 5.59. The summed E-state index contributed by atoms with van der Waals surface area (Å²) in [5.41, 5.74) is 3.81. The fraction of sp³-hybridized carbons (Fsp3) is 0.333. The van der Waals surface area contributed by atoms with E-state index >= 15 is 0 Å². The van der Waals surface area contributed by atoms with Gasteiger partial charge in [0.2, 0.25) is 0 Å². The first-order valence-electron chi connectivity index (χ1n) is 6.23. The Bertz CT molecular complexity index is 636. The van der Waals surface area contributed by atoms with E-state index in [4.69, 9.17) is 11.6 Å². The van der Waals surface area contributed by atoms with Crippen LogP contribution in [0.15, 0.2) is 12.1 Å². The molecule has 21 heavy (non-hydrogen) atoms. The maximum Gasteiger partial charge on any atom is 0.338 e. The minimum Gasteiger partial charge on any atom is -0.465 e. The molecule has 0 aliphatic carbocycles. The Balaban J connectivity index is 3.47. The normalized spacial score (nSPS) is 10.4. The molecule has 0 saturated carbocycles. The van der Waals surface area contributed by atoms with Crippen molar-refractivity contribution in [2.75, 3.05) is 14.2 Å². The second kappa shape index (κ2) is 6.79. The second-order valence-electron chi connectivity index (χ2n) is 5.36. The van der Waals surface area contributed by atoms with Crippen molar-refractivity contribution in [1.29, 1.82) is 0 Å². The predicted molar refractivity (Wildman–Crippen MR) is 84.4 cm³/mol. The van der Waals surface area contributed by atoms with E-state index in [1.165, 1.54) is 26.4 Å². The molecule has 0 aliphatic rings. The Morgan fingerprint density at radius 1 is 1.05 bits per heavy atom. The molecule has 0 heterocycles. The first-order valence-corrected chi connectivity index (χ1v) is 10.1. The summed E-state index contributed by atoms with van der Waals surface area (Å²) in [6.45, 7) is 6.29. The zero-order chi connectivity index (χ0) is 16.2. The smallest absolute Gasteiger partial charge is 0.338 e. The fourth-order valence-electron chi connectivity index (χ4n) is 1.48. The monoisotopic (exact) mass is 324 g/mol. The number of methoxy groups -OCH3 is 2. The summed E-state index contributed by atoms with van der Waals surface area (Å²) >= 11 is 6.13. The van der Waals surface area contributed by atoms with E-state index in [1.54, 1.807) is 0 Å². The summed E-state index contributed by atoms with van der Waals surface area (Å²) in [5, 5.41) is 0.300. The number of hydrogen-bond donors (Lipinski definition) is 0. The van der Waals surface area contributed by atoms with E-state index in [9.17, 15) is 9.59 Å². The predicted octanol–water partition coefficient (Wildman–Crippen LogP) is 3.14. The van der Waals surface area contributed by atoms with E-state index < -0.39 is 20.0 Å². The van der Waals surface area contributed by atoms with Crippen molar-refractivity contribution < 1.29 is 19.1 Å². The first kappa shape index (κ1) is 17.3. The maximum absolute atomic E-state index is 11.8. The lowest BCUT2D eigenvalue weighted by Crippen LogP contribution is -2.16. The van der Waals surface area contributed by atoms with Gasteiger partial charge in [0.1, 0.15) is 8.07 Å². The number of ether oxygens (including phenoxy) is 2. The van der Waals surface area contributed by atoms with Gasteiger partial charge in [-0.15, -0.1) is 5.54 Å². The number of halogens is 1. The minimum absolute atomic E-state index is 0.0629. The Labute approximate surface area is 130 Å². The molecule has 0 radical (unpaired) electrons. The number of esters is 2. The SMILES string of the molecule is COC(=O)c1cc(Cl)c(C#C[Si](C)(C)C)cc1C(=O)OC. The van der Waals surface area contributed by atoms with Crippen LogP contribution in [0.25, 0.3) is 0 Å². The Morgan fingerprint density at radius 2 is 1.52 bits per heavy atom. The highest BCUT2D eigenvalue weighted by Gasteiger charge is 2.21. The summed E-state index contributed by atoms with van der Waals surface area (Å²) < 4.78 is 9.33. The standard InChI is InChI=1S/C15H17ClO4Si/c1-19-14(17)11-8-10(6-7-21(3,4)5)13(16)9-12(11)15(18)20-2/h8-9H,1-5H3. The molecule has 6 heteroatoms. The van der Waals surface area contributed by atoms with Gasteiger partial charge in [-0.1, -0.05) is 37.2 Å². The van der Waals surface area contributed by atoms with Crippen LogP contribution in [0.2, 0.25) is 24.7 Å². The van der Waals surface area contributed by atoms with Gasteiger partial charge in [0.25, 0.3) is 0 Å². The largest absolute Gasteiger partial charge is 0.465 e. The summed E-state index contributed by atoms with van der Waals surface area (Å²) in [6.07, 6.45) is 0. The number of carbonyl (C=O) groups excluding carboxylic acids is 2. The highest BCUT2D eigenvalue weighted by atomic mass is 35.5. The van der Waals surface area contributed by atoms with Crippen molar-refractivity contribution >= 4 is 31.6 Å². The van der Waals surface area contributed by atoms with Gasteiger partial charge in [-0.05, 0) is 12.1 Å². The number of carbonyl (C=O) groups is 2. The molecule has 0 fully saturated rings. The second-order valence-corrected chi connectivity index (χ2v) is 10.5. The van der Waals surface area contributed by atoms with Crippen LogP contribution in [0.4, 0.5) is 0 Å². The lowest BCUT2D eigenvalue weighted by Gasteiger charge is -2.09. The molecule has 1 aromatic carbocycles. The average molecular weight is 325 g/mol. The Morgan fingerprint density at radius 3 is 1.95 bits per heavy atom. The summed E-state index contributed by atoms with van der Waals surface area (Å²) in [4.78, 5) is 23.5. The molecule has 0 atom stereocenters. The van der Waals surface area contributed by atoms with Crippen LogP contribution in [0, 0.1) is 11.5 Å². The highest BCUT2D eigenvalue weighted by molar-refractivity contribution is 6.83. The average Bonchev–Trinajstić information content (AvgIpc) is 2.42. The van der Waals surface area contributed by atoms with Crippen LogP contribution in [0.5, 0.6) is 0 Å². The van der Waals surface area contributed by atoms with Crippen molar-refractivity contribution in [2.24, 2.45) is 0 Å². The molecule has 0 bridgehead atoms. The number of benzene rings is 1. The van der Waals surface area contributed by atoms with E-state index in [0.717, 1.165) is 0 Å². The van der Waals surface area contributed by atoms with Crippen LogP contribution in [0.1, 0.15) is 26.3 Å². The third kappa shape index (κ3) is 4.62. The van der Waals surface area contributed by atoms with Gasteiger partial charge in [-0.2, -0.15) is 0 Å². The van der Waals surface area contributed by atoms with Gasteiger partial charge in [0.15, 0.2) is 0 Å². The molecule has 1 aromatic rings. The molecule has 0 spiro atoms. The van der Waals surface area contributed by atoms with Crippen LogP contribution in [-0.2, 0) is 9.47 Å². The van der Waals surface area contributed by atoms with Gasteiger partial charge in [0, 0.05) is 5.56 Å². The molecule has 0 saturated heterocycles. The third-order valence-electron chi connectivity index (χ3n) is 2.49. The van der Waals surface area contributed by atoms with Crippen LogP contribution in [-0.4, -0.2) is 34.2 Å². The molecule has 0 aromatic heterocycles. The molecule has 0 unspecified atom stereocenters. The van der Waals surface area contributed by atoms with Crippen LogP contribution >= 0.6 is 11.6 Å². The third-order valence-corrected chi connectivity index (χ3v) is 3.68. The summed E-state index contributed by atoms with van der Waals surface area (Å²) in [6, 6.07) is 2.85. The number of hydrogen-bond acceptors (Lipinski definition) is 4. The number of rotatable bonds is 2. The van der Waals surface area contributed by atoms with E-state index in [2.05, 4.69) is 40.6 Å². The molecule has 0 N–H and O–H groups in total. The molecule has 1 rings (SSSR count). The van der Waals surface area contributed by atoms with E-state index in [1.807, 2.05) is 0 Å². The summed E-state index contributed by atoms with van der Waals surface area (Å²) in [7, 11) is 0.888. The van der Waals surface area contributed by atoms with Crippen molar-refractivity contribution in [3.8, 4) is 11.5 Å². The summed E-state index contributed by atoms with van der Waals surface area (Å²) in [5.74, 6) is 1.69. The quantitative estimate of drug-likeness (QED) is 0.476. The minimum atomic E-state index is -1.59. The topological polar surface area (TPSA) is 52.6 Å². The van der Waals surface area contributed by atoms with Crippen LogP contribution < -0.4 is 0 Å². The highest BCUT2D eigenvalue weighted by Crippen LogP contribution is 2.23. The molecular formula is C15H17ClO4Si. The van der Waals surface area contributed by atoms with Gasteiger partial charge in [-0.25, -0.2) is 9.59 Å². The van der Waals surface area contributed by atoms with Gasteiger partial charge < -0.3 is 9.47 Å². The molecule has 112 valence electrons. The van der Waals surface area contributed by atoms with E-state index in [-0.39, 0.29) is 11.1 Å². The zero-order valence-electron chi connectivity index (χ0n) is 12.7. The van der Waals surface area contributed by atoms with Crippen molar-refractivity contribution in [3.63, 3.8) is 0 Å². The lowest BCUT2D eigenvalue weighted by atomic mass is 10.0. The molecule has 0 amide bonds. The van der Waals surface area contributed by atoms with E-state index in [0.29, 0.717) is 10.6 Å². The van der Waals surface area contributed by atoms with Gasteiger partial charge in [0.05, 0.1) is 30.4 Å². The zero-order valence-corrected chi connectivity index (χ0v) is 14.4. The maximum atomic E-state index is 11.8. The lowest BCUT2D eigenvalue weighted by molar-refractivity contribution is 0.0555. The molecule has 0 aliphatic heterocycles.